The van der Waals surface area contributed by atoms with Gasteiger partial charge < -0.3 is 20.1 Å². The SMILES string of the molecule is Cc1cc(NC(=O)N2CCOC(C(=O)O)C2)ccc1F. The first-order chi connectivity index (χ1) is 9.47. The Morgan fingerprint density at radius 1 is 1.50 bits per heavy atom. The maximum atomic E-state index is 13.1. The van der Waals surface area contributed by atoms with Gasteiger partial charge in [0.2, 0.25) is 0 Å². The highest BCUT2D eigenvalue weighted by Gasteiger charge is 2.28. The second-order valence-electron chi connectivity index (χ2n) is 4.54. The van der Waals surface area contributed by atoms with Crippen LogP contribution in [0, 0.1) is 12.7 Å². The Morgan fingerprint density at radius 3 is 2.90 bits per heavy atom. The number of nitrogens with one attached hydrogen (secondary N) is 1. The molecule has 1 aliphatic rings. The van der Waals surface area contributed by atoms with E-state index in [2.05, 4.69) is 5.32 Å². The molecule has 2 amide bonds. The predicted molar refractivity (Wildman–Crippen MR) is 69.1 cm³/mol. The summed E-state index contributed by atoms with van der Waals surface area (Å²) in [4.78, 5) is 24.2. The van der Waals surface area contributed by atoms with Crippen LogP contribution in [0.3, 0.4) is 0 Å². The van der Waals surface area contributed by atoms with E-state index in [0.29, 0.717) is 17.8 Å². The number of hydrogen-bond acceptors (Lipinski definition) is 3. The first-order valence-electron chi connectivity index (χ1n) is 6.14. The molecule has 6 nitrogen and oxygen atoms in total. The molecule has 2 rings (SSSR count). The number of hydrogen-bond donors (Lipinski definition) is 2. The molecule has 0 saturated carbocycles. The number of carboxylic acids is 1. The molecule has 0 spiro atoms. The molecule has 20 heavy (non-hydrogen) atoms. The number of ether oxygens (including phenoxy) is 1. The van der Waals surface area contributed by atoms with Crippen LogP contribution in [0.4, 0.5) is 14.9 Å². The van der Waals surface area contributed by atoms with Gasteiger partial charge in [0.25, 0.3) is 0 Å². The molecule has 1 saturated heterocycles. The third kappa shape index (κ3) is 3.24. The maximum Gasteiger partial charge on any atom is 0.334 e. The van der Waals surface area contributed by atoms with E-state index >= 15 is 0 Å². The van der Waals surface area contributed by atoms with Crippen LogP contribution in [0.1, 0.15) is 5.56 Å². The Hall–Kier alpha value is -2.15. The topological polar surface area (TPSA) is 78.9 Å². The van der Waals surface area contributed by atoms with Crippen molar-refractivity contribution in [2.75, 3.05) is 25.0 Å². The van der Waals surface area contributed by atoms with Crippen molar-refractivity contribution < 1.29 is 23.8 Å². The van der Waals surface area contributed by atoms with Gasteiger partial charge in [-0.25, -0.2) is 14.0 Å². The van der Waals surface area contributed by atoms with Crippen molar-refractivity contribution in [3.8, 4) is 0 Å². The number of carboxylic acid groups (broad SMARTS) is 1. The number of halogens is 1. The molecule has 0 bridgehead atoms. The van der Waals surface area contributed by atoms with E-state index in [-0.39, 0.29) is 19.0 Å². The van der Waals surface area contributed by atoms with Gasteiger partial charge in [-0.3, -0.25) is 0 Å². The molecule has 1 atom stereocenters. The smallest absolute Gasteiger partial charge is 0.334 e. The van der Waals surface area contributed by atoms with Gasteiger partial charge in [-0.1, -0.05) is 0 Å². The Balaban J connectivity index is 2.00. The standard InChI is InChI=1S/C13H15FN2O4/c1-8-6-9(2-3-10(8)14)15-13(19)16-4-5-20-11(7-16)12(17)18/h2-3,6,11H,4-5,7H2,1H3,(H,15,19)(H,17,18). The highest BCUT2D eigenvalue weighted by molar-refractivity contribution is 5.90. The lowest BCUT2D eigenvalue weighted by Crippen LogP contribution is -2.49. The van der Waals surface area contributed by atoms with Crippen molar-refractivity contribution in [2.45, 2.75) is 13.0 Å². The highest BCUT2D eigenvalue weighted by atomic mass is 19.1. The van der Waals surface area contributed by atoms with Crippen molar-refractivity contribution in [1.82, 2.24) is 4.90 Å². The van der Waals surface area contributed by atoms with Crippen molar-refractivity contribution in [2.24, 2.45) is 0 Å². The number of carbonyl (C=O) groups excluding carboxylic acids is 1. The summed E-state index contributed by atoms with van der Waals surface area (Å²) in [6, 6.07) is 3.81. The Labute approximate surface area is 115 Å². The number of anilines is 1. The van der Waals surface area contributed by atoms with Gasteiger partial charge in [0.05, 0.1) is 13.2 Å². The lowest BCUT2D eigenvalue weighted by molar-refractivity contribution is -0.154. The number of carbonyl (C=O) groups is 2. The molecule has 0 aliphatic carbocycles. The van der Waals surface area contributed by atoms with Crippen LogP contribution in [0.2, 0.25) is 0 Å². The number of amides is 2. The molecule has 108 valence electrons. The van der Waals surface area contributed by atoms with Crippen LogP contribution < -0.4 is 5.32 Å². The third-order valence-electron chi connectivity index (χ3n) is 3.04. The van der Waals surface area contributed by atoms with Crippen molar-refractivity contribution >= 4 is 17.7 Å². The molecule has 7 heteroatoms. The Bertz CT molecular complexity index is 535. The van der Waals surface area contributed by atoms with Crippen LogP contribution in [-0.2, 0) is 9.53 Å². The van der Waals surface area contributed by atoms with Gasteiger partial charge in [0, 0.05) is 12.2 Å². The van der Waals surface area contributed by atoms with Crippen molar-refractivity contribution in [3.63, 3.8) is 0 Å². The molecule has 0 radical (unpaired) electrons. The van der Waals surface area contributed by atoms with Crippen LogP contribution >= 0.6 is 0 Å². The largest absolute Gasteiger partial charge is 0.479 e. The fourth-order valence-electron chi connectivity index (χ4n) is 1.91. The van der Waals surface area contributed by atoms with Crippen LogP contribution in [0.5, 0.6) is 0 Å². The minimum Gasteiger partial charge on any atom is -0.479 e. The first kappa shape index (κ1) is 14.3. The van der Waals surface area contributed by atoms with Crippen LogP contribution in [-0.4, -0.2) is 47.8 Å². The number of morpholine rings is 1. The summed E-state index contributed by atoms with van der Waals surface area (Å²) in [5.41, 5.74) is 0.889. The van der Waals surface area contributed by atoms with Crippen molar-refractivity contribution in [3.05, 3.63) is 29.6 Å². The number of urea groups is 1. The maximum absolute atomic E-state index is 13.1. The summed E-state index contributed by atoms with van der Waals surface area (Å²) >= 11 is 0. The van der Waals surface area contributed by atoms with Gasteiger partial charge in [0.1, 0.15) is 5.82 Å². The molecule has 1 aromatic carbocycles. The van der Waals surface area contributed by atoms with E-state index < -0.39 is 18.1 Å². The number of aliphatic carboxylic acids is 1. The lowest BCUT2D eigenvalue weighted by atomic mass is 10.2. The van der Waals surface area contributed by atoms with Crippen LogP contribution in [0.15, 0.2) is 18.2 Å². The number of rotatable bonds is 2. The minimum atomic E-state index is -1.10. The zero-order valence-electron chi connectivity index (χ0n) is 10.9. The monoisotopic (exact) mass is 282 g/mol. The summed E-state index contributed by atoms with van der Waals surface area (Å²) in [5.74, 6) is -1.44. The molecule has 1 unspecified atom stereocenters. The van der Waals surface area contributed by atoms with E-state index in [1.54, 1.807) is 6.92 Å². The first-order valence-corrected chi connectivity index (χ1v) is 6.14. The van der Waals surface area contributed by atoms with Crippen LogP contribution in [0.25, 0.3) is 0 Å². The number of nitrogens with zero attached hydrogens (tertiary/aromatic N) is 1. The summed E-state index contributed by atoms with van der Waals surface area (Å²) in [5, 5.41) is 11.5. The van der Waals surface area contributed by atoms with Gasteiger partial charge >= 0.3 is 12.0 Å². The molecular weight excluding hydrogens is 267 g/mol. The molecule has 1 fully saturated rings. The molecule has 1 aromatic rings. The zero-order valence-corrected chi connectivity index (χ0v) is 10.9. The molecule has 1 heterocycles. The van der Waals surface area contributed by atoms with E-state index in [0.717, 1.165) is 0 Å². The third-order valence-corrected chi connectivity index (χ3v) is 3.04. The van der Waals surface area contributed by atoms with E-state index in [1.807, 2.05) is 0 Å². The minimum absolute atomic E-state index is 0.0126. The second kappa shape index (κ2) is 5.87. The summed E-state index contributed by atoms with van der Waals surface area (Å²) in [6.45, 7) is 2.07. The van der Waals surface area contributed by atoms with Gasteiger partial charge in [-0.15, -0.1) is 0 Å². The summed E-state index contributed by atoms with van der Waals surface area (Å²) < 4.78 is 18.2. The van der Waals surface area contributed by atoms with Crippen molar-refractivity contribution in [1.29, 1.82) is 0 Å². The Kier molecular flexibility index (Phi) is 4.19. The Morgan fingerprint density at radius 2 is 2.25 bits per heavy atom. The fraction of sp³-hybridized carbons (Fsp3) is 0.385. The summed E-state index contributed by atoms with van der Waals surface area (Å²) in [7, 11) is 0. The van der Waals surface area contributed by atoms with E-state index in [9.17, 15) is 14.0 Å². The normalized spacial score (nSPS) is 18.7. The van der Waals surface area contributed by atoms with E-state index in [1.165, 1.54) is 23.1 Å². The lowest BCUT2D eigenvalue weighted by Gasteiger charge is -2.30. The average Bonchev–Trinajstić information content (AvgIpc) is 2.43. The van der Waals surface area contributed by atoms with Gasteiger partial charge in [0.15, 0.2) is 6.10 Å². The van der Waals surface area contributed by atoms with E-state index in [4.69, 9.17) is 9.84 Å². The fourth-order valence-corrected chi connectivity index (χ4v) is 1.91. The highest BCUT2D eigenvalue weighted by Crippen LogP contribution is 2.15. The summed E-state index contributed by atoms with van der Waals surface area (Å²) in [6.07, 6.45) is -1.01. The second-order valence-corrected chi connectivity index (χ2v) is 4.54. The quantitative estimate of drug-likeness (QED) is 0.860. The molecule has 0 aromatic heterocycles. The van der Waals surface area contributed by atoms with Gasteiger partial charge in [-0.05, 0) is 30.7 Å². The predicted octanol–water partition coefficient (Wildman–Crippen LogP) is 1.45. The molecule has 2 N–H and O–H groups in total. The number of benzene rings is 1. The van der Waals surface area contributed by atoms with Gasteiger partial charge in [-0.2, -0.15) is 0 Å². The molecular formula is C13H15FN2O4. The zero-order chi connectivity index (χ0) is 14.7. The average molecular weight is 282 g/mol. The molecule has 1 aliphatic heterocycles. The number of aryl methyl sites for hydroxylation is 1.